The minimum atomic E-state index is -0.429. The van der Waals surface area contributed by atoms with E-state index in [1.165, 1.54) is 13.2 Å². The van der Waals surface area contributed by atoms with E-state index < -0.39 is 5.82 Å². The van der Waals surface area contributed by atoms with Crippen LogP contribution in [-0.2, 0) is 11.2 Å². The van der Waals surface area contributed by atoms with Gasteiger partial charge in [-0.15, -0.1) is 12.4 Å². The minimum Gasteiger partial charge on any atom is -0.494 e. The second-order valence-electron chi connectivity index (χ2n) is 4.84. The summed E-state index contributed by atoms with van der Waals surface area (Å²) in [6.07, 6.45) is 0.230. The lowest BCUT2D eigenvalue weighted by Gasteiger charge is -2.32. The van der Waals surface area contributed by atoms with Gasteiger partial charge in [-0.25, -0.2) is 4.39 Å². The highest BCUT2D eigenvalue weighted by atomic mass is 35.5. The fourth-order valence-corrected chi connectivity index (χ4v) is 2.27. The first-order valence-corrected chi connectivity index (χ1v) is 6.43. The van der Waals surface area contributed by atoms with Crippen LogP contribution >= 0.6 is 12.4 Å². The first-order chi connectivity index (χ1) is 9.10. The van der Waals surface area contributed by atoms with E-state index in [9.17, 15) is 9.18 Å². The van der Waals surface area contributed by atoms with E-state index in [1.54, 1.807) is 12.1 Å². The average Bonchev–Trinajstić information content (AvgIpc) is 2.39. The molecule has 1 aliphatic heterocycles. The van der Waals surface area contributed by atoms with Crippen LogP contribution in [0.4, 0.5) is 4.39 Å². The molecule has 6 heteroatoms. The summed E-state index contributed by atoms with van der Waals surface area (Å²) in [6.45, 7) is 4.27. The van der Waals surface area contributed by atoms with Crippen molar-refractivity contribution in [3.8, 4) is 5.75 Å². The molecule has 1 aromatic carbocycles. The molecule has 1 heterocycles. The summed E-state index contributed by atoms with van der Waals surface area (Å²) < 4.78 is 18.4. The van der Waals surface area contributed by atoms with Gasteiger partial charge < -0.3 is 15.0 Å². The van der Waals surface area contributed by atoms with Crippen molar-refractivity contribution >= 4 is 18.3 Å². The Hall–Kier alpha value is -1.33. The maximum Gasteiger partial charge on any atom is 0.227 e. The molecular weight excluding hydrogens is 283 g/mol. The van der Waals surface area contributed by atoms with Crippen LogP contribution in [0.2, 0.25) is 0 Å². The zero-order valence-corrected chi connectivity index (χ0v) is 12.5. The minimum absolute atomic E-state index is 0. The molecule has 0 bridgehead atoms. The first-order valence-electron chi connectivity index (χ1n) is 6.43. The Morgan fingerprint density at radius 3 is 2.90 bits per heavy atom. The number of nitrogens with zero attached hydrogens (tertiary/aromatic N) is 1. The number of ether oxygens (including phenoxy) is 1. The van der Waals surface area contributed by atoms with Crippen LogP contribution in [0.25, 0.3) is 0 Å². The van der Waals surface area contributed by atoms with Gasteiger partial charge in [0.1, 0.15) is 0 Å². The number of halogens is 2. The third-order valence-corrected chi connectivity index (χ3v) is 3.29. The second-order valence-corrected chi connectivity index (χ2v) is 4.84. The van der Waals surface area contributed by atoms with Gasteiger partial charge in [0.05, 0.1) is 13.5 Å². The monoisotopic (exact) mass is 302 g/mol. The van der Waals surface area contributed by atoms with Crippen molar-refractivity contribution in [2.24, 2.45) is 0 Å². The van der Waals surface area contributed by atoms with E-state index in [4.69, 9.17) is 4.74 Å². The Morgan fingerprint density at radius 1 is 1.55 bits per heavy atom. The summed E-state index contributed by atoms with van der Waals surface area (Å²) in [5, 5.41) is 3.28. The number of methoxy groups -OCH3 is 1. The average molecular weight is 303 g/mol. The van der Waals surface area contributed by atoms with Crippen LogP contribution < -0.4 is 10.1 Å². The van der Waals surface area contributed by atoms with Crippen LogP contribution in [0.3, 0.4) is 0 Å². The zero-order chi connectivity index (χ0) is 13.8. The Morgan fingerprint density at radius 2 is 2.30 bits per heavy atom. The number of rotatable bonds is 3. The smallest absolute Gasteiger partial charge is 0.227 e. The number of piperazine rings is 1. The lowest BCUT2D eigenvalue weighted by atomic mass is 10.1. The molecule has 2 rings (SSSR count). The molecule has 4 nitrogen and oxygen atoms in total. The number of benzene rings is 1. The predicted octanol–water partition coefficient (Wildman–Crippen LogP) is 1.62. The molecule has 1 unspecified atom stereocenters. The van der Waals surface area contributed by atoms with Gasteiger partial charge in [0, 0.05) is 25.7 Å². The van der Waals surface area contributed by atoms with Crippen LogP contribution in [-0.4, -0.2) is 43.6 Å². The van der Waals surface area contributed by atoms with Crippen molar-refractivity contribution < 1.29 is 13.9 Å². The lowest BCUT2D eigenvalue weighted by molar-refractivity contribution is -0.131. The molecule has 1 atom stereocenters. The molecule has 20 heavy (non-hydrogen) atoms. The van der Waals surface area contributed by atoms with Crippen molar-refractivity contribution in [2.75, 3.05) is 26.7 Å². The molecule has 1 aromatic rings. The molecule has 1 aliphatic rings. The van der Waals surface area contributed by atoms with Crippen molar-refractivity contribution in [2.45, 2.75) is 19.4 Å². The maximum absolute atomic E-state index is 13.5. The molecule has 0 spiro atoms. The molecule has 0 aliphatic carbocycles. The topological polar surface area (TPSA) is 41.6 Å². The van der Waals surface area contributed by atoms with E-state index in [0.29, 0.717) is 24.7 Å². The highest BCUT2D eigenvalue weighted by molar-refractivity contribution is 5.85. The van der Waals surface area contributed by atoms with E-state index in [0.717, 1.165) is 6.54 Å². The molecule has 1 fully saturated rings. The van der Waals surface area contributed by atoms with Gasteiger partial charge in [-0.1, -0.05) is 6.07 Å². The van der Waals surface area contributed by atoms with Crippen LogP contribution in [0.15, 0.2) is 18.2 Å². The fraction of sp³-hybridized carbons (Fsp3) is 0.500. The van der Waals surface area contributed by atoms with Crippen molar-refractivity contribution in [1.82, 2.24) is 10.2 Å². The van der Waals surface area contributed by atoms with Gasteiger partial charge in [0.25, 0.3) is 0 Å². The molecule has 1 N–H and O–H groups in total. The standard InChI is InChI=1S/C14H19FN2O2.ClH/c1-10-9-17(6-5-16-10)14(18)8-11-3-4-13(19-2)12(15)7-11;/h3-4,7,10,16H,5-6,8-9H2,1-2H3;1H. The summed E-state index contributed by atoms with van der Waals surface area (Å²) in [4.78, 5) is 13.9. The largest absolute Gasteiger partial charge is 0.494 e. The van der Waals surface area contributed by atoms with Crippen LogP contribution in [0, 0.1) is 5.82 Å². The van der Waals surface area contributed by atoms with Gasteiger partial charge in [0.15, 0.2) is 11.6 Å². The normalized spacial score (nSPS) is 18.4. The van der Waals surface area contributed by atoms with E-state index in [2.05, 4.69) is 5.32 Å². The van der Waals surface area contributed by atoms with Crippen molar-refractivity contribution in [1.29, 1.82) is 0 Å². The molecule has 0 saturated carbocycles. The van der Waals surface area contributed by atoms with Gasteiger partial charge in [0.2, 0.25) is 5.91 Å². The number of hydrogen-bond donors (Lipinski definition) is 1. The molecule has 1 amide bonds. The Kier molecular flexibility index (Phi) is 6.23. The van der Waals surface area contributed by atoms with Crippen LogP contribution in [0.1, 0.15) is 12.5 Å². The lowest BCUT2D eigenvalue weighted by Crippen LogP contribution is -2.51. The Balaban J connectivity index is 0.00000200. The number of amides is 1. The van der Waals surface area contributed by atoms with Crippen molar-refractivity contribution in [3.63, 3.8) is 0 Å². The molecule has 1 saturated heterocycles. The summed E-state index contributed by atoms with van der Waals surface area (Å²) in [5.41, 5.74) is 0.675. The maximum atomic E-state index is 13.5. The third-order valence-electron chi connectivity index (χ3n) is 3.29. The first kappa shape index (κ1) is 16.7. The zero-order valence-electron chi connectivity index (χ0n) is 11.7. The molecular formula is C14H20ClFN2O2. The number of carbonyl (C=O) groups is 1. The Bertz CT molecular complexity index is 470. The summed E-state index contributed by atoms with van der Waals surface area (Å²) in [6, 6.07) is 4.96. The van der Waals surface area contributed by atoms with Gasteiger partial charge in [-0.05, 0) is 24.6 Å². The highest BCUT2D eigenvalue weighted by Gasteiger charge is 2.20. The Labute approximate surface area is 124 Å². The SMILES string of the molecule is COc1ccc(CC(=O)N2CCNC(C)C2)cc1F.Cl. The van der Waals surface area contributed by atoms with E-state index in [1.807, 2.05) is 11.8 Å². The highest BCUT2D eigenvalue weighted by Crippen LogP contribution is 2.18. The van der Waals surface area contributed by atoms with E-state index >= 15 is 0 Å². The number of carbonyl (C=O) groups excluding carboxylic acids is 1. The van der Waals surface area contributed by atoms with E-state index in [-0.39, 0.29) is 30.5 Å². The van der Waals surface area contributed by atoms with Gasteiger partial charge in [-0.2, -0.15) is 0 Å². The van der Waals surface area contributed by atoms with Gasteiger partial charge in [-0.3, -0.25) is 4.79 Å². The summed E-state index contributed by atoms with van der Waals surface area (Å²) in [5.74, 6) is -0.189. The summed E-state index contributed by atoms with van der Waals surface area (Å²) >= 11 is 0. The van der Waals surface area contributed by atoms with Gasteiger partial charge >= 0.3 is 0 Å². The summed E-state index contributed by atoms with van der Waals surface area (Å²) in [7, 11) is 1.42. The third kappa shape index (κ3) is 4.08. The molecule has 0 radical (unpaired) electrons. The molecule has 0 aromatic heterocycles. The fourth-order valence-electron chi connectivity index (χ4n) is 2.27. The molecule has 112 valence electrons. The predicted molar refractivity (Wildman–Crippen MR) is 77.9 cm³/mol. The van der Waals surface area contributed by atoms with Crippen LogP contribution in [0.5, 0.6) is 5.75 Å². The number of hydrogen-bond acceptors (Lipinski definition) is 3. The quantitative estimate of drug-likeness (QED) is 0.922. The van der Waals surface area contributed by atoms with Crippen molar-refractivity contribution in [3.05, 3.63) is 29.6 Å². The number of nitrogens with one attached hydrogen (secondary N) is 1. The second kappa shape index (κ2) is 7.45.